The lowest BCUT2D eigenvalue weighted by molar-refractivity contribution is -0.133. The molecule has 4 aliphatic carbocycles. The summed E-state index contributed by atoms with van der Waals surface area (Å²) in [5.74, 6) is 2.90. The zero-order valence-corrected chi connectivity index (χ0v) is 21.8. The number of carbonyl (C=O) groups is 3. The maximum absolute atomic E-state index is 13.8. The van der Waals surface area contributed by atoms with E-state index in [4.69, 9.17) is 0 Å². The van der Waals surface area contributed by atoms with Crippen molar-refractivity contribution in [1.29, 1.82) is 0 Å². The molecule has 0 aliphatic heterocycles. The van der Waals surface area contributed by atoms with Crippen LogP contribution in [0.1, 0.15) is 107 Å². The number of ketones is 3. The maximum Gasteiger partial charge on any atom is 0.159 e. The van der Waals surface area contributed by atoms with Crippen molar-refractivity contribution in [1.82, 2.24) is 0 Å². The second kappa shape index (κ2) is 9.51. The molecule has 8 atom stereocenters. The first kappa shape index (κ1) is 27.1. The van der Waals surface area contributed by atoms with Crippen molar-refractivity contribution in [2.45, 2.75) is 107 Å². The Morgan fingerprint density at radius 2 is 1.79 bits per heavy atom. The molecule has 2 fully saturated rings. The molecule has 4 aliphatic rings. The molecule has 0 bridgehead atoms. The quantitative estimate of drug-likeness (QED) is 0.378. The summed E-state index contributed by atoms with van der Waals surface area (Å²) in [6, 6.07) is 0. The van der Waals surface area contributed by atoms with E-state index in [9.17, 15) is 14.4 Å². The molecule has 34 heavy (non-hydrogen) atoms. The number of hydrogen-bond donors (Lipinski definition) is 0. The summed E-state index contributed by atoms with van der Waals surface area (Å²) in [6.45, 7) is 16.9. The highest BCUT2D eigenvalue weighted by Crippen LogP contribution is 2.65. The Balaban J connectivity index is 0.00000324. The van der Waals surface area contributed by atoms with Crippen LogP contribution in [0, 0.1) is 46.3 Å². The van der Waals surface area contributed by atoms with Gasteiger partial charge < -0.3 is 0 Å². The molecule has 4 rings (SSSR count). The van der Waals surface area contributed by atoms with E-state index >= 15 is 0 Å². The van der Waals surface area contributed by atoms with Crippen LogP contribution in [0.5, 0.6) is 0 Å². The summed E-state index contributed by atoms with van der Waals surface area (Å²) in [5.41, 5.74) is 3.60. The second-order valence-corrected chi connectivity index (χ2v) is 12.6. The molecule has 0 saturated heterocycles. The average molecular weight is 469 g/mol. The third-order valence-electron chi connectivity index (χ3n) is 10.9. The van der Waals surface area contributed by atoms with Gasteiger partial charge in [-0.2, -0.15) is 0 Å². The van der Waals surface area contributed by atoms with Crippen molar-refractivity contribution < 1.29 is 14.4 Å². The molecule has 3 nitrogen and oxygen atoms in total. The fraction of sp³-hybridized carbons (Fsp3) is 0.774. The summed E-state index contributed by atoms with van der Waals surface area (Å²) in [7, 11) is 0. The molecule has 2 saturated carbocycles. The van der Waals surface area contributed by atoms with Crippen molar-refractivity contribution in [3.05, 3.63) is 23.3 Å². The van der Waals surface area contributed by atoms with E-state index < -0.39 is 0 Å². The first-order valence-electron chi connectivity index (χ1n) is 13.4. The minimum atomic E-state index is -0.108. The number of hydrogen-bond acceptors (Lipinski definition) is 3. The number of carbonyl (C=O) groups excluding carboxylic acids is 3. The van der Waals surface area contributed by atoms with Gasteiger partial charge in [-0.25, -0.2) is 0 Å². The predicted molar refractivity (Wildman–Crippen MR) is 139 cm³/mol. The molecule has 0 aromatic rings. The third-order valence-corrected chi connectivity index (χ3v) is 10.9. The topological polar surface area (TPSA) is 51.2 Å². The third kappa shape index (κ3) is 4.09. The maximum atomic E-state index is 13.8. The molecule has 0 heterocycles. The van der Waals surface area contributed by atoms with Gasteiger partial charge in [0.25, 0.3) is 0 Å². The molecule has 190 valence electrons. The highest BCUT2D eigenvalue weighted by atomic mass is 16.1. The van der Waals surface area contributed by atoms with Crippen LogP contribution < -0.4 is 0 Å². The highest BCUT2D eigenvalue weighted by molar-refractivity contribution is 6.00. The van der Waals surface area contributed by atoms with E-state index in [2.05, 4.69) is 34.3 Å². The van der Waals surface area contributed by atoms with Crippen LogP contribution in [0.25, 0.3) is 0 Å². The zero-order chi connectivity index (χ0) is 24.3. The van der Waals surface area contributed by atoms with Crippen LogP contribution in [0.3, 0.4) is 0 Å². The normalized spacial score (nSPS) is 38.9. The van der Waals surface area contributed by atoms with E-state index in [0.717, 1.165) is 43.3 Å². The Labute approximate surface area is 208 Å². The number of fused-ring (bicyclic) bond motifs is 4. The Kier molecular flexibility index (Phi) is 7.57. The van der Waals surface area contributed by atoms with Crippen LogP contribution in [0.15, 0.2) is 23.3 Å². The minimum absolute atomic E-state index is 0. The van der Waals surface area contributed by atoms with Crippen LogP contribution in [0.4, 0.5) is 0 Å². The Bertz CT molecular complexity index is 910. The van der Waals surface area contributed by atoms with E-state index in [1.807, 2.05) is 6.92 Å². The first-order chi connectivity index (χ1) is 15.4. The highest BCUT2D eigenvalue weighted by Gasteiger charge is 2.59. The number of rotatable bonds is 6. The second-order valence-electron chi connectivity index (χ2n) is 12.6. The van der Waals surface area contributed by atoms with E-state index in [1.54, 1.807) is 6.92 Å². The largest absolute Gasteiger partial charge is 0.299 e. The summed E-state index contributed by atoms with van der Waals surface area (Å²) in [6.07, 6.45) is 8.54. The van der Waals surface area contributed by atoms with Crippen molar-refractivity contribution in [3.8, 4) is 0 Å². The molecule has 0 spiro atoms. The van der Waals surface area contributed by atoms with E-state index in [-0.39, 0.29) is 35.9 Å². The van der Waals surface area contributed by atoms with Gasteiger partial charge in [-0.05, 0) is 86.4 Å². The fourth-order valence-corrected chi connectivity index (χ4v) is 8.68. The summed E-state index contributed by atoms with van der Waals surface area (Å²) in [5, 5.41) is 0. The summed E-state index contributed by atoms with van der Waals surface area (Å²) in [4.78, 5) is 38.0. The van der Waals surface area contributed by atoms with Gasteiger partial charge in [0.1, 0.15) is 11.6 Å². The summed E-state index contributed by atoms with van der Waals surface area (Å²) < 4.78 is 0. The van der Waals surface area contributed by atoms with Crippen LogP contribution in [-0.2, 0) is 14.4 Å². The van der Waals surface area contributed by atoms with E-state index in [1.165, 1.54) is 18.4 Å². The van der Waals surface area contributed by atoms with Gasteiger partial charge in [-0.15, -0.1) is 0 Å². The Morgan fingerprint density at radius 1 is 1.12 bits per heavy atom. The van der Waals surface area contributed by atoms with Crippen molar-refractivity contribution in [2.75, 3.05) is 0 Å². The lowest BCUT2D eigenvalue weighted by atomic mass is 9.48. The molecule has 3 heteroatoms. The molecule has 0 aromatic carbocycles. The number of Topliss-reactive ketones (excluding diaryl/α,β-unsaturated/α-hetero) is 3. The minimum Gasteiger partial charge on any atom is -0.299 e. The van der Waals surface area contributed by atoms with Gasteiger partial charge in [-0.3, -0.25) is 14.4 Å². The summed E-state index contributed by atoms with van der Waals surface area (Å²) >= 11 is 0. The van der Waals surface area contributed by atoms with Gasteiger partial charge in [0.05, 0.1) is 0 Å². The van der Waals surface area contributed by atoms with E-state index in [0.29, 0.717) is 48.1 Å². The van der Waals surface area contributed by atoms with Gasteiger partial charge in [0.15, 0.2) is 5.78 Å². The van der Waals surface area contributed by atoms with Gasteiger partial charge >= 0.3 is 0 Å². The lowest BCUT2D eigenvalue weighted by Crippen LogP contribution is -2.50. The Morgan fingerprint density at radius 3 is 2.44 bits per heavy atom. The molecule has 0 amide bonds. The van der Waals surface area contributed by atoms with Crippen LogP contribution in [0.2, 0.25) is 0 Å². The predicted octanol–water partition coefficient (Wildman–Crippen LogP) is 7.54. The molecule has 0 aromatic heterocycles. The molecule has 1 unspecified atom stereocenters. The molecular formula is C31H48O3. The number of allylic oxidation sites excluding steroid dienone is 3. The lowest BCUT2D eigenvalue weighted by Gasteiger charge is -2.54. The molecular weight excluding hydrogens is 420 g/mol. The fourth-order valence-electron chi connectivity index (χ4n) is 8.68. The Hall–Kier alpha value is -1.51. The van der Waals surface area contributed by atoms with Gasteiger partial charge in [0, 0.05) is 30.3 Å². The first-order valence-corrected chi connectivity index (χ1v) is 13.4. The van der Waals surface area contributed by atoms with Crippen LogP contribution in [-0.4, -0.2) is 17.3 Å². The van der Waals surface area contributed by atoms with Crippen molar-refractivity contribution in [2.24, 2.45) is 46.3 Å². The monoisotopic (exact) mass is 468 g/mol. The standard InChI is InChI=1S/C30H44O3.CH4/c1-17(19(3)21(5)31)8-9-18(2)23-12-13-25-22-10-11-24-20(4)26(32)14-15-29(24,6)28(22)27(33)16-30(23,25)7;/h18-20,23-25H,1,8-16H2,2-7H3;1H4/t18-,19?,20+,23-,24+,25+,29+,30-;/m1./s1. The van der Waals surface area contributed by atoms with Crippen molar-refractivity contribution in [3.63, 3.8) is 0 Å². The zero-order valence-electron chi connectivity index (χ0n) is 21.8. The van der Waals surface area contributed by atoms with Gasteiger partial charge in [-0.1, -0.05) is 59.8 Å². The smallest absolute Gasteiger partial charge is 0.159 e. The van der Waals surface area contributed by atoms with Crippen LogP contribution >= 0.6 is 0 Å². The van der Waals surface area contributed by atoms with Gasteiger partial charge in [0.2, 0.25) is 0 Å². The SMILES string of the molecule is C.C=C(CC[C@@H](C)[C@H]1CC[C@H]2C3=C(C(=O)C[C@]12C)[C@@]1(C)CCC(=O)[C@@H](C)[C@@H]1CC3)C(C)C(C)=O. The molecule has 0 N–H and O–H groups in total. The average Bonchev–Trinajstić information content (AvgIpc) is 3.10. The molecule has 0 radical (unpaired) electrons. The van der Waals surface area contributed by atoms with Crippen molar-refractivity contribution >= 4 is 17.3 Å².